The number of carbonyl (C=O) groups is 2. The molecule has 236 valence electrons. The molecule has 40 heavy (non-hydrogen) atoms. The fraction of sp³-hybridized carbons (Fsp3) is 0.771. The third-order valence-corrected chi connectivity index (χ3v) is 8.32. The summed E-state index contributed by atoms with van der Waals surface area (Å²) in [5.74, 6) is 0.551. The van der Waals surface area contributed by atoms with Crippen LogP contribution < -0.4 is 0 Å². The highest BCUT2D eigenvalue weighted by atomic mass is 16.6. The van der Waals surface area contributed by atoms with Gasteiger partial charge in [0.2, 0.25) is 0 Å². The first-order valence-corrected chi connectivity index (χ1v) is 14.2. The molecule has 2 fully saturated rings. The molecule has 1 unspecified atom stereocenters. The van der Waals surface area contributed by atoms with Crippen LogP contribution in [0.1, 0.15) is 166 Å². The van der Waals surface area contributed by atoms with Gasteiger partial charge in [0.05, 0.1) is 11.8 Å². The Morgan fingerprint density at radius 3 is 1.77 bits per heavy atom. The molecule has 1 aromatic carbocycles. The average molecular weight is 567 g/mol. The minimum atomic E-state index is -0.663. The van der Waals surface area contributed by atoms with Crippen LogP contribution in [0.4, 0.5) is 0 Å². The van der Waals surface area contributed by atoms with Crippen LogP contribution in [0.15, 0.2) is 24.3 Å². The number of hydrogen-bond donors (Lipinski definition) is 1. The van der Waals surface area contributed by atoms with Crippen molar-refractivity contribution in [3.8, 4) is 5.75 Å². The van der Waals surface area contributed by atoms with Crippen molar-refractivity contribution in [2.75, 3.05) is 0 Å². The molecular weight excluding hydrogens is 500 g/mol. The summed E-state index contributed by atoms with van der Waals surface area (Å²) >= 11 is 0. The number of aromatic hydroxyl groups is 1. The van der Waals surface area contributed by atoms with E-state index < -0.39 is 11.0 Å². The van der Waals surface area contributed by atoms with Gasteiger partial charge in [0.1, 0.15) is 17.0 Å². The lowest BCUT2D eigenvalue weighted by atomic mass is 9.81. The summed E-state index contributed by atoms with van der Waals surface area (Å²) in [6, 6.07) is 7.43. The van der Waals surface area contributed by atoms with Crippen molar-refractivity contribution in [2.45, 2.75) is 172 Å². The minimum absolute atomic E-state index is 0. The van der Waals surface area contributed by atoms with Crippen LogP contribution >= 0.6 is 0 Å². The zero-order chi connectivity index (χ0) is 26.8. The van der Waals surface area contributed by atoms with Gasteiger partial charge in [-0.3, -0.25) is 9.59 Å². The number of phenolic OH excluding ortho intramolecular Hbond substituents is 1. The van der Waals surface area contributed by atoms with Crippen molar-refractivity contribution in [3.63, 3.8) is 0 Å². The molecule has 2 aliphatic carbocycles. The van der Waals surface area contributed by atoms with Gasteiger partial charge in [0.25, 0.3) is 0 Å². The molecule has 3 rings (SSSR count). The molecule has 1 aromatic rings. The molecule has 2 aliphatic rings. The molecule has 0 heterocycles. The van der Waals surface area contributed by atoms with Gasteiger partial charge >= 0.3 is 11.9 Å². The van der Waals surface area contributed by atoms with Gasteiger partial charge in [-0.1, -0.05) is 75.5 Å². The lowest BCUT2D eigenvalue weighted by Gasteiger charge is -2.40. The van der Waals surface area contributed by atoms with Crippen LogP contribution in [0.2, 0.25) is 0 Å². The summed E-state index contributed by atoms with van der Waals surface area (Å²) in [7, 11) is 0. The van der Waals surface area contributed by atoms with Crippen molar-refractivity contribution in [2.24, 2.45) is 5.41 Å². The topological polar surface area (TPSA) is 72.8 Å². The van der Waals surface area contributed by atoms with E-state index in [0.717, 1.165) is 70.6 Å². The Hall–Kier alpha value is -2.04. The molecule has 0 aromatic heterocycles. The fourth-order valence-corrected chi connectivity index (χ4v) is 5.00. The zero-order valence-corrected chi connectivity index (χ0v) is 23.7. The molecule has 0 spiro atoms. The van der Waals surface area contributed by atoms with Crippen LogP contribution in [0.25, 0.3) is 0 Å². The molecule has 0 aliphatic heterocycles. The number of esters is 2. The van der Waals surface area contributed by atoms with E-state index in [4.69, 9.17) is 14.6 Å². The van der Waals surface area contributed by atoms with Gasteiger partial charge in [-0.15, -0.1) is 0 Å². The van der Waals surface area contributed by atoms with Crippen molar-refractivity contribution >= 4 is 11.9 Å². The molecule has 0 amide bonds. The molecule has 5 nitrogen and oxygen atoms in total. The summed E-state index contributed by atoms with van der Waals surface area (Å²) in [6.45, 7) is 12.2. The maximum Gasteiger partial charge on any atom is 0.312 e. The van der Waals surface area contributed by atoms with Crippen molar-refractivity contribution in [1.29, 1.82) is 0 Å². The van der Waals surface area contributed by atoms with Crippen LogP contribution in [-0.4, -0.2) is 28.2 Å². The Balaban J connectivity index is -0.000000782. The maximum absolute atomic E-state index is 12.7. The molecule has 1 atom stereocenters. The van der Waals surface area contributed by atoms with Gasteiger partial charge in [0, 0.05) is 0 Å². The largest absolute Gasteiger partial charge is 0.508 e. The van der Waals surface area contributed by atoms with E-state index in [-0.39, 0.29) is 53.7 Å². The average Bonchev–Trinajstić information content (AvgIpc) is 2.84. The van der Waals surface area contributed by atoms with Gasteiger partial charge in [-0.25, -0.2) is 0 Å². The number of rotatable bonds is 8. The lowest BCUT2D eigenvalue weighted by Crippen LogP contribution is -2.44. The van der Waals surface area contributed by atoms with Crippen LogP contribution in [0.3, 0.4) is 0 Å². The summed E-state index contributed by atoms with van der Waals surface area (Å²) in [5, 5.41) is 9.01. The number of carbonyl (C=O) groups excluding carboxylic acids is 2. The number of ether oxygens (including phenoxy) is 2. The Kier molecular flexibility index (Phi) is 20.3. The van der Waals surface area contributed by atoms with E-state index >= 15 is 0 Å². The van der Waals surface area contributed by atoms with Gasteiger partial charge in [0.15, 0.2) is 0 Å². The molecule has 0 saturated heterocycles. The van der Waals surface area contributed by atoms with Crippen molar-refractivity contribution in [3.05, 3.63) is 29.8 Å². The SMILES string of the molecule is C.C.C.C.CCC(C)(C)C(=O)OC1(CC(=O)OC2(C)CCCCC2)CCCCC1.CCC(C)c1ccc(O)cc1. The standard InChI is InChI=1S/C21H36O4.C10H14O.4CH4/c1-5-19(2,3)18(23)25-21(14-10-7-11-15-21)16-17(22)24-20(4)12-8-6-9-13-20;1-3-8(2)9-4-6-10(11)7-5-9;;;;/h5-16H2,1-4H3;4-8,11H,3H2,1-2H3;4*1H4. The van der Waals surface area contributed by atoms with E-state index in [9.17, 15) is 9.59 Å². The second-order valence-corrected chi connectivity index (χ2v) is 11.9. The van der Waals surface area contributed by atoms with E-state index in [0.29, 0.717) is 11.7 Å². The third kappa shape index (κ3) is 13.1. The van der Waals surface area contributed by atoms with Crippen LogP contribution in [0.5, 0.6) is 5.75 Å². The van der Waals surface area contributed by atoms with Crippen molar-refractivity contribution in [1.82, 2.24) is 0 Å². The van der Waals surface area contributed by atoms with Crippen LogP contribution in [-0.2, 0) is 19.1 Å². The Labute approximate surface area is 248 Å². The Morgan fingerprint density at radius 2 is 1.32 bits per heavy atom. The first-order chi connectivity index (χ1) is 16.9. The highest BCUT2D eigenvalue weighted by Gasteiger charge is 2.43. The second kappa shape index (κ2) is 19.1. The second-order valence-electron chi connectivity index (χ2n) is 11.9. The third-order valence-electron chi connectivity index (χ3n) is 8.32. The predicted octanol–water partition coefficient (Wildman–Crippen LogP) is 10.8. The number of hydrogen-bond acceptors (Lipinski definition) is 5. The van der Waals surface area contributed by atoms with Crippen LogP contribution in [0, 0.1) is 5.41 Å². The monoisotopic (exact) mass is 566 g/mol. The summed E-state index contributed by atoms with van der Waals surface area (Å²) < 4.78 is 11.9. The molecule has 0 bridgehead atoms. The highest BCUT2D eigenvalue weighted by molar-refractivity contribution is 5.77. The quantitative estimate of drug-likeness (QED) is 0.317. The molecule has 0 radical (unpaired) electrons. The number of benzene rings is 1. The Bertz CT molecular complexity index is 815. The van der Waals surface area contributed by atoms with E-state index in [2.05, 4.69) is 13.8 Å². The molecular formula is C35H66O5. The fourth-order valence-electron chi connectivity index (χ4n) is 5.00. The molecule has 1 N–H and O–H groups in total. The van der Waals surface area contributed by atoms with Crippen molar-refractivity contribution < 1.29 is 24.2 Å². The van der Waals surface area contributed by atoms with E-state index in [1.54, 1.807) is 12.1 Å². The van der Waals surface area contributed by atoms with E-state index in [1.165, 1.54) is 12.0 Å². The minimum Gasteiger partial charge on any atom is -0.508 e. The predicted molar refractivity (Wildman–Crippen MR) is 172 cm³/mol. The van der Waals surface area contributed by atoms with Gasteiger partial charge in [-0.05, 0) is 109 Å². The normalized spacial score (nSPS) is 17.9. The number of phenols is 1. The van der Waals surface area contributed by atoms with Gasteiger partial charge in [-0.2, -0.15) is 0 Å². The summed E-state index contributed by atoms with van der Waals surface area (Å²) in [4.78, 5) is 25.3. The molecule has 5 heteroatoms. The zero-order valence-electron chi connectivity index (χ0n) is 23.7. The lowest BCUT2D eigenvalue weighted by molar-refractivity contribution is -0.184. The van der Waals surface area contributed by atoms with E-state index in [1.807, 2.05) is 39.8 Å². The summed E-state index contributed by atoms with van der Waals surface area (Å²) in [5.41, 5.74) is -0.212. The Morgan fingerprint density at radius 1 is 0.850 bits per heavy atom. The maximum atomic E-state index is 12.7. The van der Waals surface area contributed by atoms with Gasteiger partial charge < -0.3 is 14.6 Å². The smallest absolute Gasteiger partial charge is 0.312 e. The summed E-state index contributed by atoms with van der Waals surface area (Å²) in [6.07, 6.45) is 12.1. The first kappa shape index (κ1) is 42.4. The highest BCUT2D eigenvalue weighted by Crippen LogP contribution is 2.39. The first-order valence-electron chi connectivity index (χ1n) is 14.2. The molecule has 2 saturated carbocycles.